The Kier molecular flexibility index (Phi) is 7.95. The highest BCUT2D eigenvalue weighted by Gasteiger charge is 2.25. The lowest BCUT2D eigenvalue weighted by Gasteiger charge is -2.35. The molecule has 1 atom stereocenters. The molecular formula is C17H29ClN4O. The van der Waals surface area contributed by atoms with E-state index >= 15 is 0 Å². The molecule has 23 heavy (non-hydrogen) atoms. The van der Waals surface area contributed by atoms with Crippen LogP contribution in [-0.4, -0.2) is 48.5 Å². The molecule has 1 aromatic rings. The molecule has 0 saturated carbocycles. The molecule has 1 unspecified atom stereocenters. The predicted octanol–water partition coefficient (Wildman–Crippen LogP) is 2.00. The summed E-state index contributed by atoms with van der Waals surface area (Å²) in [5, 5.41) is 6.44. The van der Waals surface area contributed by atoms with Crippen LogP contribution in [-0.2, 0) is 4.79 Å². The van der Waals surface area contributed by atoms with E-state index < -0.39 is 0 Å². The van der Waals surface area contributed by atoms with E-state index in [2.05, 4.69) is 47.4 Å². The fourth-order valence-corrected chi connectivity index (χ4v) is 2.65. The van der Waals surface area contributed by atoms with Gasteiger partial charge in [0.25, 0.3) is 0 Å². The van der Waals surface area contributed by atoms with Crippen molar-refractivity contribution in [1.82, 2.24) is 20.5 Å². The van der Waals surface area contributed by atoms with Gasteiger partial charge in [0.05, 0.1) is 6.54 Å². The number of amides is 1. The second-order valence-electron chi connectivity index (χ2n) is 7.14. The number of rotatable bonds is 5. The van der Waals surface area contributed by atoms with Crippen molar-refractivity contribution in [3.8, 4) is 0 Å². The fraction of sp³-hybridized carbons (Fsp3) is 0.647. The minimum atomic E-state index is 0. The van der Waals surface area contributed by atoms with Crippen molar-refractivity contribution in [2.75, 3.05) is 32.7 Å². The van der Waals surface area contributed by atoms with Crippen LogP contribution in [0.5, 0.6) is 0 Å². The van der Waals surface area contributed by atoms with Crippen molar-refractivity contribution >= 4 is 18.3 Å². The van der Waals surface area contributed by atoms with Crippen molar-refractivity contribution in [3.63, 3.8) is 0 Å². The van der Waals surface area contributed by atoms with Gasteiger partial charge < -0.3 is 10.6 Å². The Bertz CT molecular complexity index is 475. The standard InChI is InChI=1S/C17H28N4O.ClH/c1-17(2,3)6-8-20-16(22)13-21-10-9-19-12-15(21)14-5-4-7-18-11-14;/h4-5,7,11,15,19H,6,8-10,12-13H2,1-3H3,(H,20,22);1H. The van der Waals surface area contributed by atoms with E-state index in [1.165, 1.54) is 0 Å². The molecule has 1 aromatic heterocycles. The second kappa shape index (κ2) is 9.21. The number of halogens is 1. The van der Waals surface area contributed by atoms with Crippen LogP contribution >= 0.6 is 12.4 Å². The van der Waals surface area contributed by atoms with Gasteiger partial charge in [-0.15, -0.1) is 12.4 Å². The molecule has 2 heterocycles. The minimum Gasteiger partial charge on any atom is -0.355 e. The zero-order valence-electron chi connectivity index (χ0n) is 14.3. The smallest absolute Gasteiger partial charge is 0.234 e. The third-order valence-electron chi connectivity index (χ3n) is 3.97. The summed E-state index contributed by atoms with van der Waals surface area (Å²) in [6, 6.07) is 4.25. The van der Waals surface area contributed by atoms with Crippen LogP contribution in [0.2, 0.25) is 0 Å². The monoisotopic (exact) mass is 340 g/mol. The summed E-state index contributed by atoms with van der Waals surface area (Å²) in [5.74, 6) is 0.111. The number of nitrogens with one attached hydrogen (secondary N) is 2. The number of nitrogens with zero attached hydrogens (tertiary/aromatic N) is 2. The summed E-state index contributed by atoms with van der Waals surface area (Å²) in [7, 11) is 0. The number of hydrogen-bond acceptors (Lipinski definition) is 4. The Balaban J connectivity index is 0.00000264. The summed E-state index contributed by atoms with van der Waals surface area (Å²) < 4.78 is 0. The third kappa shape index (κ3) is 6.85. The molecule has 130 valence electrons. The van der Waals surface area contributed by atoms with Gasteiger partial charge in [0, 0.05) is 44.6 Å². The molecule has 2 N–H and O–H groups in total. The highest BCUT2D eigenvalue weighted by atomic mass is 35.5. The number of pyridine rings is 1. The lowest BCUT2D eigenvalue weighted by molar-refractivity contribution is -0.123. The summed E-state index contributed by atoms with van der Waals surface area (Å²) in [4.78, 5) is 18.6. The predicted molar refractivity (Wildman–Crippen MR) is 95.8 cm³/mol. The maximum Gasteiger partial charge on any atom is 0.234 e. The topological polar surface area (TPSA) is 57.3 Å². The number of carbonyl (C=O) groups excluding carboxylic acids is 1. The fourth-order valence-electron chi connectivity index (χ4n) is 2.65. The van der Waals surface area contributed by atoms with Crippen LogP contribution in [0, 0.1) is 5.41 Å². The Morgan fingerprint density at radius 2 is 2.26 bits per heavy atom. The highest BCUT2D eigenvalue weighted by molar-refractivity contribution is 5.85. The van der Waals surface area contributed by atoms with Crippen LogP contribution in [0.4, 0.5) is 0 Å². The number of hydrogen-bond donors (Lipinski definition) is 2. The molecule has 1 saturated heterocycles. The molecule has 1 fully saturated rings. The second-order valence-corrected chi connectivity index (χ2v) is 7.14. The molecule has 5 nitrogen and oxygen atoms in total. The van der Waals surface area contributed by atoms with E-state index in [-0.39, 0.29) is 29.8 Å². The Morgan fingerprint density at radius 1 is 1.48 bits per heavy atom. The SMILES string of the molecule is CC(C)(C)CCNC(=O)CN1CCNCC1c1cccnc1.Cl. The molecule has 1 aliphatic rings. The average Bonchev–Trinajstić information content (AvgIpc) is 2.47. The van der Waals surface area contributed by atoms with Gasteiger partial charge in [-0.3, -0.25) is 14.7 Å². The molecular weight excluding hydrogens is 312 g/mol. The van der Waals surface area contributed by atoms with Crippen molar-refractivity contribution < 1.29 is 4.79 Å². The lowest BCUT2D eigenvalue weighted by atomic mass is 9.92. The Labute approximate surface area is 145 Å². The molecule has 0 aliphatic carbocycles. The summed E-state index contributed by atoms with van der Waals surface area (Å²) in [6.07, 6.45) is 4.66. The van der Waals surface area contributed by atoms with E-state index in [1.54, 1.807) is 6.20 Å². The zero-order valence-corrected chi connectivity index (χ0v) is 15.2. The molecule has 0 bridgehead atoms. The molecule has 2 rings (SSSR count). The van der Waals surface area contributed by atoms with Crippen LogP contribution in [0.3, 0.4) is 0 Å². The van der Waals surface area contributed by atoms with Crippen LogP contribution in [0.25, 0.3) is 0 Å². The van der Waals surface area contributed by atoms with Crippen LogP contribution < -0.4 is 10.6 Å². The number of aromatic nitrogens is 1. The van der Waals surface area contributed by atoms with Gasteiger partial charge in [0.1, 0.15) is 0 Å². The van der Waals surface area contributed by atoms with E-state index in [0.29, 0.717) is 6.54 Å². The van der Waals surface area contributed by atoms with Crippen molar-refractivity contribution in [2.24, 2.45) is 5.41 Å². The van der Waals surface area contributed by atoms with E-state index in [9.17, 15) is 4.79 Å². The first kappa shape index (κ1) is 19.9. The lowest BCUT2D eigenvalue weighted by Crippen LogP contribution is -2.49. The Hall–Kier alpha value is -1.17. The maximum atomic E-state index is 12.2. The van der Waals surface area contributed by atoms with Crippen LogP contribution in [0.15, 0.2) is 24.5 Å². The van der Waals surface area contributed by atoms with Crippen molar-refractivity contribution in [1.29, 1.82) is 0 Å². The van der Waals surface area contributed by atoms with Crippen molar-refractivity contribution in [3.05, 3.63) is 30.1 Å². The maximum absolute atomic E-state index is 12.2. The summed E-state index contributed by atoms with van der Waals surface area (Å²) >= 11 is 0. The van der Waals surface area contributed by atoms with Crippen LogP contribution in [0.1, 0.15) is 38.8 Å². The highest BCUT2D eigenvalue weighted by Crippen LogP contribution is 2.21. The van der Waals surface area contributed by atoms with Gasteiger partial charge in [-0.05, 0) is 23.5 Å². The largest absolute Gasteiger partial charge is 0.355 e. The molecule has 0 aromatic carbocycles. The molecule has 1 aliphatic heterocycles. The first-order chi connectivity index (χ1) is 10.5. The van der Waals surface area contributed by atoms with Gasteiger partial charge >= 0.3 is 0 Å². The number of piperazine rings is 1. The minimum absolute atomic E-state index is 0. The molecule has 1 amide bonds. The van der Waals surface area contributed by atoms with Gasteiger partial charge in [-0.25, -0.2) is 0 Å². The first-order valence-electron chi connectivity index (χ1n) is 8.07. The summed E-state index contributed by atoms with van der Waals surface area (Å²) in [5.41, 5.74) is 1.41. The molecule has 0 radical (unpaired) electrons. The third-order valence-corrected chi connectivity index (χ3v) is 3.97. The van der Waals surface area contributed by atoms with E-state index in [0.717, 1.165) is 38.2 Å². The van der Waals surface area contributed by atoms with Crippen molar-refractivity contribution in [2.45, 2.75) is 33.2 Å². The van der Waals surface area contributed by atoms with Gasteiger partial charge in [-0.2, -0.15) is 0 Å². The normalized spacial score (nSPS) is 19.0. The zero-order chi connectivity index (χ0) is 16.0. The quantitative estimate of drug-likeness (QED) is 0.860. The van der Waals surface area contributed by atoms with Gasteiger partial charge in [-0.1, -0.05) is 26.8 Å². The average molecular weight is 341 g/mol. The molecule has 0 spiro atoms. The number of carbonyl (C=O) groups is 1. The molecule has 6 heteroatoms. The first-order valence-corrected chi connectivity index (χ1v) is 8.07. The van der Waals surface area contributed by atoms with Gasteiger partial charge in [0.2, 0.25) is 5.91 Å². The summed E-state index contributed by atoms with van der Waals surface area (Å²) in [6.45, 7) is 10.4. The van der Waals surface area contributed by atoms with Gasteiger partial charge in [0.15, 0.2) is 0 Å². The van der Waals surface area contributed by atoms with E-state index in [4.69, 9.17) is 0 Å². The Morgan fingerprint density at radius 3 is 2.91 bits per heavy atom. The van der Waals surface area contributed by atoms with E-state index in [1.807, 2.05) is 12.3 Å².